The molecule has 8 nitrogen and oxygen atoms in total. The lowest BCUT2D eigenvalue weighted by atomic mass is 9.55. The number of methoxy groups -OCH3 is 1. The van der Waals surface area contributed by atoms with E-state index in [2.05, 4.69) is 29.6 Å². The number of ether oxygens (including phenoxy) is 2. The summed E-state index contributed by atoms with van der Waals surface area (Å²) in [6.07, 6.45) is 0. The minimum atomic E-state index is -0.742. The van der Waals surface area contributed by atoms with E-state index in [1.165, 1.54) is 24.1 Å². The van der Waals surface area contributed by atoms with Gasteiger partial charge in [0.2, 0.25) is 11.8 Å². The van der Waals surface area contributed by atoms with Crippen LogP contribution in [0, 0.1) is 11.8 Å². The Kier molecular flexibility index (Phi) is 6.12. The summed E-state index contributed by atoms with van der Waals surface area (Å²) in [5.41, 5.74) is 5.31. The number of nitrogens with zero attached hydrogens (tertiary/aromatic N) is 1. The molecule has 8 rings (SSSR count). The summed E-state index contributed by atoms with van der Waals surface area (Å²) in [5.74, 6) is -2.71. The van der Waals surface area contributed by atoms with Gasteiger partial charge in [-0.2, -0.15) is 0 Å². The molecule has 0 unspecified atom stereocenters. The van der Waals surface area contributed by atoms with E-state index >= 15 is 0 Å². The predicted octanol–water partition coefficient (Wildman–Crippen LogP) is 4.89. The monoisotopic (exact) mass is 558 g/mol. The lowest BCUT2D eigenvalue weighted by Gasteiger charge is -2.45. The summed E-state index contributed by atoms with van der Waals surface area (Å²) in [7, 11) is 1.52. The lowest BCUT2D eigenvalue weighted by Crippen LogP contribution is -2.41. The number of anilines is 2. The highest BCUT2D eigenvalue weighted by molar-refractivity contribution is 6.23. The van der Waals surface area contributed by atoms with Crippen molar-refractivity contribution >= 4 is 35.1 Å². The Morgan fingerprint density at radius 2 is 1.31 bits per heavy atom. The van der Waals surface area contributed by atoms with E-state index in [4.69, 9.17) is 9.47 Å². The number of carbonyl (C=O) groups is 4. The molecular formula is C34H26N2O6. The first kappa shape index (κ1) is 25.7. The standard InChI is InChI=1S/C34H26N2O6/c1-41-22-11-7-9-20(17-22)35-27(37)18-42-34(40)19-8-6-10-21(16-19)36-32(38)30-28-23-12-2-3-13-24(23)29(31(30)33(36)39)26-15-5-4-14-25(26)28/h2-17,28-31H,18H2,1H3,(H,35,37)/t28?,29?,30-,31-/m0/s1. The van der Waals surface area contributed by atoms with Crippen molar-refractivity contribution in [2.45, 2.75) is 11.8 Å². The first-order valence-electron chi connectivity index (χ1n) is 13.7. The average Bonchev–Trinajstić information content (AvgIpc) is 3.29. The van der Waals surface area contributed by atoms with Gasteiger partial charge >= 0.3 is 5.97 Å². The Balaban J connectivity index is 1.12. The Morgan fingerprint density at radius 1 is 0.738 bits per heavy atom. The van der Waals surface area contributed by atoms with Crippen LogP contribution in [0.5, 0.6) is 5.75 Å². The van der Waals surface area contributed by atoms with E-state index in [1.807, 2.05) is 24.3 Å². The molecule has 0 aromatic heterocycles. The fourth-order valence-electron chi connectivity index (χ4n) is 6.82. The van der Waals surface area contributed by atoms with E-state index < -0.39 is 30.3 Å². The van der Waals surface area contributed by atoms with Gasteiger partial charge in [-0.1, -0.05) is 60.7 Å². The van der Waals surface area contributed by atoms with Crippen LogP contribution in [0.1, 0.15) is 44.4 Å². The van der Waals surface area contributed by atoms with Crippen molar-refractivity contribution in [3.05, 3.63) is 125 Å². The van der Waals surface area contributed by atoms with Crippen LogP contribution in [-0.4, -0.2) is 37.4 Å². The number of amides is 3. The summed E-state index contributed by atoms with van der Waals surface area (Å²) in [6.45, 7) is -0.508. The van der Waals surface area contributed by atoms with Crippen LogP contribution in [0.4, 0.5) is 11.4 Å². The summed E-state index contributed by atoms with van der Waals surface area (Å²) >= 11 is 0. The number of rotatable bonds is 6. The lowest BCUT2D eigenvalue weighted by molar-refractivity contribution is -0.122. The first-order valence-corrected chi connectivity index (χ1v) is 13.7. The zero-order valence-electron chi connectivity index (χ0n) is 22.7. The summed E-state index contributed by atoms with van der Waals surface area (Å²) in [6, 6.07) is 29.2. The third-order valence-electron chi connectivity index (χ3n) is 8.48. The van der Waals surface area contributed by atoms with E-state index in [1.54, 1.807) is 36.4 Å². The third kappa shape index (κ3) is 3.98. The average molecular weight is 559 g/mol. The molecule has 0 saturated carbocycles. The van der Waals surface area contributed by atoms with Crippen molar-refractivity contribution in [2.24, 2.45) is 11.8 Å². The smallest absolute Gasteiger partial charge is 0.338 e. The molecule has 42 heavy (non-hydrogen) atoms. The van der Waals surface area contributed by atoms with Crippen LogP contribution in [0.15, 0.2) is 97.1 Å². The second-order valence-electron chi connectivity index (χ2n) is 10.7. The highest BCUT2D eigenvalue weighted by Crippen LogP contribution is 2.61. The van der Waals surface area contributed by atoms with Gasteiger partial charge in [0, 0.05) is 23.6 Å². The Bertz CT molecular complexity index is 1670. The van der Waals surface area contributed by atoms with Gasteiger partial charge in [0.15, 0.2) is 6.61 Å². The molecule has 1 heterocycles. The van der Waals surface area contributed by atoms with Crippen molar-refractivity contribution in [3.8, 4) is 5.75 Å². The van der Waals surface area contributed by atoms with Gasteiger partial charge in [0.05, 0.1) is 30.2 Å². The van der Waals surface area contributed by atoms with Gasteiger partial charge in [-0.15, -0.1) is 0 Å². The van der Waals surface area contributed by atoms with Crippen molar-refractivity contribution in [2.75, 3.05) is 23.9 Å². The highest BCUT2D eigenvalue weighted by Gasteiger charge is 2.61. The van der Waals surface area contributed by atoms with Gasteiger partial charge in [-0.3, -0.25) is 14.4 Å². The molecule has 3 aliphatic carbocycles. The quantitative estimate of drug-likeness (QED) is 0.267. The normalized spacial score (nSPS) is 21.3. The third-order valence-corrected chi connectivity index (χ3v) is 8.48. The summed E-state index contributed by atoms with van der Waals surface area (Å²) in [5, 5.41) is 2.66. The van der Waals surface area contributed by atoms with Crippen molar-refractivity contribution in [3.63, 3.8) is 0 Å². The highest BCUT2D eigenvalue weighted by atomic mass is 16.5. The molecule has 1 saturated heterocycles. The van der Waals surface area contributed by atoms with Gasteiger partial charge in [0.1, 0.15) is 5.75 Å². The van der Waals surface area contributed by atoms with Crippen molar-refractivity contribution in [1.29, 1.82) is 0 Å². The molecule has 1 fully saturated rings. The molecule has 4 aromatic rings. The molecule has 208 valence electrons. The minimum absolute atomic E-state index is 0.131. The number of imide groups is 1. The van der Waals surface area contributed by atoms with Crippen LogP contribution in [0.25, 0.3) is 0 Å². The molecule has 0 radical (unpaired) electrons. The molecule has 2 atom stereocenters. The SMILES string of the molecule is COc1cccc(NC(=O)COC(=O)c2cccc(N3C(=O)[C@H]4C5c6ccccc6C(c6ccccc65)[C@@H]4C3=O)c2)c1. The number of hydrogen-bond acceptors (Lipinski definition) is 6. The fraction of sp³-hybridized carbons (Fsp3) is 0.176. The Morgan fingerprint density at radius 3 is 1.88 bits per heavy atom. The van der Waals surface area contributed by atoms with Gasteiger partial charge in [0.25, 0.3) is 5.91 Å². The number of benzene rings is 4. The van der Waals surface area contributed by atoms with E-state index in [-0.39, 0.29) is 29.2 Å². The maximum absolute atomic E-state index is 14.0. The maximum Gasteiger partial charge on any atom is 0.338 e. The van der Waals surface area contributed by atoms with Crippen molar-refractivity contribution < 1.29 is 28.7 Å². The largest absolute Gasteiger partial charge is 0.497 e. The number of hydrogen-bond donors (Lipinski definition) is 1. The van der Waals surface area contributed by atoms with E-state index in [0.717, 1.165) is 22.3 Å². The van der Waals surface area contributed by atoms with Gasteiger partial charge in [-0.05, 0) is 52.6 Å². The first-order chi connectivity index (χ1) is 20.5. The molecule has 4 aliphatic rings. The van der Waals surface area contributed by atoms with Crippen LogP contribution in [0.2, 0.25) is 0 Å². The van der Waals surface area contributed by atoms with Crippen molar-refractivity contribution in [1.82, 2.24) is 0 Å². The van der Waals surface area contributed by atoms with Gasteiger partial charge < -0.3 is 14.8 Å². The predicted molar refractivity (Wildman–Crippen MR) is 154 cm³/mol. The molecular weight excluding hydrogens is 532 g/mol. The molecule has 1 N–H and O–H groups in total. The van der Waals surface area contributed by atoms with Crippen LogP contribution >= 0.6 is 0 Å². The Labute approximate surface area is 241 Å². The second-order valence-corrected chi connectivity index (χ2v) is 10.7. The molecule has 1 aliphatic heterocycles. The second kappa shape index (κ2) is 9.99. The zero-order chi connectivity index (χ0) is 29.0. The number of esters is 1. The molecule has 8 heteroatoms. The molecule has 2 bridgehead atoms. The van der Waals surface area contributed by atoms with Crippen LogP contribution < -0.4 is 15.0 Å². The molecule has 0 spiro atoms. The number of carbonyl (C=O) groups excluding carboxylic acids is 4. The maximum atomic E-state index is 14.0. The summed E-state index contributed by atoms with van der Waals surface area (Å²) in [4.78, 5) is 54.5. The molecule has 3 amide bonds. The fourth-order valence-corrected chi connectivity index (χ4v) is 6.82. The number of nitrogens with one attached hydrogen (secondary N) is 1. The van der Waals surface area contributed by atoms with Crippen LogP contribution in [0.3, 0.4) is 0 Å². The zero-order valence-corrected chi connectivity index (χ0v) is 22.7. The molecule has 4 aromatic carbocycles. The Hall–Kier alpha value is -5.24. The topological polar surface area (TPSA) is 102 Å². The van der Waals surface area contributed by atoms with Crippen LogP contribution in [-0.2, 0) is 19.1 Å². The minimum Gasteiger partial charge on any atom is -0.497 e. The van der Waals surface area contributed by atoms with Gasteiger partial charge in [-0.25, -0.2) is 9.69 Å². The van der Waals surface area contributed by atoms with E-state index in [0.29, 0.717) is 17.1 Å². The van der Waals surface area contributed by atoms with E-state index in [9.17, 15) is 19.2 Å². The summed E-state index contributed by atoms with van der Waals surface area (Å²) < 4.78 is 10.4.